The minimum Gasteiger partial charge on any atom is -0.468 e. The van der Waals surface area contributed by atoms with E-state index in [2.05, 4.69) is 16.8 Å². The van der Waals surface area contributed by atoms with Crippen LogP contribution < -0.4 is 5.32 Å². The molecule has 5 nitrogen and oxygen atoms in total. The predicted molar refractivity (Wildman–Crippen MR) is 154 cm³/mol. The van der Waals surface area contributed by atoms with Crippen LogP contribution in [-0.2, 0) is 21.7 Å². The fourth-order valence-corrected chi connectivity index (χ4v) is 5.97. The van der Waals surface area contributed by atoms with Crippen LogP contribution in [0.1, 0.15) is 41.9 Å². The molecule has 210 valence electrons. The first kappa shape index (κ1) is 28.4. The Morgan fingerprint density at radius 2 is 1.75 bits per heavy atom. The summed E-state index contributed by atoms with van der Waals surface area (Å²) in [5.74, 6) is -0.657. The van der Waals surface area contributed by atoms with Crippen LogP contribution in [0.4, 0.5) is 14.5 Å². The zero-order valence-corrected chi connectivity index (χ0v) is 23.7. The third-order valence-electron chi connectivity index (χ3n) is 7.82. The molecule has 0 saturated carbocycles. The molecule has 3 aromatic carbocycles. The van der Waals surface area contributed by atoms with Gasteiger partial charge in [0.05, 0.1) is 16.0 Å². The SMILES string of the molecule is C=C1Nc2ccc(F)cc2C2(CCN(CCC(C(=O)N(C)Cc3ccc(F)cc3)c3ccc(Cl)c(Cl)c3)CC2)O1. The quantitative estimate of drug-likeness (QED) is 0.316. The number of nitrogens with zero attached hydrogens (tertiary/aromatic N) is 2. The number of piperidine rings is 1. The Labute approximate surface area is 243 Å². The molecule has 5 rings (SSSR count). The number of benzene rings is 3. The summed E-state index contributed by atoms with van der Waals surface area (Å²) in [7, 11) is 1.75. The van der Waals surface area contributed by atoms with Gasteiger partial charge in [0.1, 0.15) is 17.2 Å². The highest BCUT2D eigenvalue weighted by Crippen LogP contribution is 2.45. The lowest BCUT2D eigenvalue weighted by molar-refractivity contribution is -0.132. The highest BCUT2D eigenvalue weighted by atomic mass is 35.5. The van der Waals surface area contributed by atoms with Crippen LogP contribution in [0.15, 0.2) is 73.1 Å². The first-order chi connectivity index (χ1) is 19.1. The van der Waals surface area contributed by atoms with Crippen molar-refractivity contribution < 1.29 is 18.3 Å². The molecule has 0 radical (unpaired) electrons. The van der Waals surface area contributed by atoms with Crippen LogP contribution in [0.2, 0.25) is 10.0 Å². The van der Waals surface area contributed by atoms with Gasteiger partial charge in [-0.1, -0.05) is 41.4 Å². The molecule has 2 aliphatic heterocycles. The number of amides is 1. The molecule has 1 amide bonds. The molecule has 1 saturated heterocycles. The van der Waals surface area contributed by atoms with E-state index in [1.165, 1.54) is 18.2 Å². The first-order valence-corrected chi connectivity index (χ1v) is 14.0. The molecule has 1 atom stereocenters. The maximum atomic E-state index is 14.1. The molecule has 0 bridgehead atoms. The topological polar surface area (TPSA) is 44.8 Å². The summed E-state index contributed by atoms with van der Waals surface area (Å²) < 4.78 is 33.7. The largest absolute Gasteiger partial charge is 0.468 e. The summed E-state index contributed by atoms with van der Waals surface area (Å²) in [5, 5.41) is 3.93. The monoisotopic (exact) mass is 585 g/mol. The normalized spacial score (nSPS) is 17.1. The van der Waals surface area contributed by atoms with Crippen LogP contribution in [0.25, 0.3) is 0 Å². The maximum Gasteiger partial charge on any atom is 0.230 e. The smallest absolute Gasteiger partial charge is 0.230 e. The van der Waals surface area contributed by atoms with Crippen LogP contribution in [0.3, 0.4) is 0 Å². The Morgan fingerprint density at radius 3 is 2.45 bits per heavy atom. The summed E-state index contributed by atoms with van der Waals surface area (Å²) >= 11 is 12.5. The molecule has 0 aromatic heterocycles. The van der Waals surface area contributed by atoms with Gasteiger partial charge in [-0.05, 0) is 73.1 Å². The van der Waals surface area contributed by atoms with Crippen molar-refractivity contribution in [1.82, 2.24) is 9.80 Å². The zero-order valence-electron chi connectivity index (χ0n) is 22.2. The number of carbonyl (C=O) groups is 1. The molecule has 2 aliphatic rings. The molecule has 1 N–H and O–H groups in total. The predicted octanol–water partition coefficient (Wildman–Crippen LogP) is 7.31. The minimum atomic E-state index is -0.634. The highest BCUT2D eigenvalue weighted by molar-refractivity contribution is 6.42. The second-order valence-corrected chi connectivity index (χ2v) is 11.3. The van der Waals surface area contributed by atoms with Gasteiger partial charge in [-0.2, -0.15) is 0 Å². The summed E-state index contributed by atoms with van der Waals surface area (Å²) in [6.45, 7) is 6.43. The van der Waals surface area contributed by atoms with E-state index in [4.69, 9.17) is 27.9 Å². The minimum absolute atomic E-state index is 0.0569. The third-order valence-corrected chi connectivity index (χ3v) is 8.56. The molecule has 1 unspecified atom stereocenters. The Bertz CT molecular complexity index is 1410. The van der Waals surface area contributed by atoms with Crippen molar-refractivity contribution in [3.05, 3.63) is 111 Å². The number of hydrogen-bond acceptors (Lipinski definition) is 4. The Hall–Kier alpha value is -3.13. The first-order valence-electron chi connectivity index (χ1n) is 13.3. The van der Waals surface area contributed by atoms with Gasteiger partial charge in [0, 0.05) is 50.8 Å². The van der Waals surface area contributed by atoms with Gasteiger partial charge in [0.25, 0.3) is 0 Å². The van der Waals surface area contributed by atoms with E-state index < -0.39 is 11.5 Å². The lowest BCUT2D eigenvalue weighted by Crippen LogP contribution is -2.47. The number of rotatable bonds is 7. The zero-order chi connectivity index (χ0) is 28.4. The Kier molecular flexibility index (Phi) is 8.36. The van der Waals surface area contributed by atoms with Gasteiger partial charge in [0.15, 0.2) is 5.88 Å². The number of ether oxygens (including phenoxy) is 1. The Morgan fingerprint density at radius 1 is 1.05 bits per heavy atom. The van der Waals surface area contributed by atoms with Crippen molar-refractivity contribution >= 4 is 34.8 Å². The van der Waals surface area contributed by atoms with E-state index in [-0.39, 0.29) is 17.5 Å². The van der Waals surface area contributed by atoms with Gasteiger partial charge in [-0.15, -0.1) is 0 Å². The molecule has 1 fully saturated rings. The van der Waals surface area contributed by atoms with Crippen LogP contribution in [-0.4, -0.2) is 42.4 Å². The van der Waals surface area contributed by atoms with Crippen molar-refractivity contribution in [2.75, 3.05) is 32.0 Å². The molecule has 3 aromatic rings. The van der Waals surface area contributed by atoms with E-state index in [0.717, 1.165) is 35.5 Å². The number of nitrogens with one attached hydrogen (secondary N) is 1. The summed E-state index contributed by atoms with van der Waals surface area (Å²) in [6.07, 6.45) is 1.90. The summed E-state index contributed by atoms with van der Waals surface area (Å²) in [5.41, 5.74) is 2.63. The van der Waals surface area contributed by atoms with Crippen molar-refractivity contribution in [3.8, 4) is 0 Å². The molecule has 9 heteroatoms. The molecular formula is C31H31Cl2F2N3O2. The average molecular weight is 587 g/mol. The average Bonchev–Trinajstić information content (AvgIpc) is 2.93. The second-order valence-electron chi connectivity index (χ2n) is 10.5. The van der Waals surface area contributed by atoms with E-state index in [0.29, 0.717) is 48.3 Å². The van der Waals surface area contributed by atoms with E-state index >= 15 is 0 Å². The van der Waals surface area contributed by atoms with Gasteiger partial charge in [0.2, 0.25) is 5.91 Å². The van der Waals surface area contributed by atoms with E-state index in [9.17, 15) is 13.6 Å². The maximum absolute atomic E-state index is 14.1. The molecule has 1 spiro atoms. The second kappa shape index (κ2) is 11.8. The standard InChI is InChI=1S/C31H31Cl2F2N3O2/c1-20-36-29-10-8-24(35)18-26(29)31(40-20)12-15-38(16-13-31)14-11-25(22-5-9-27(32)28(33)17-22)30(39)37(2)19-21-3-6-23(34)7-4-21/h3-10,17-18,25,36H,1,11-16,19H2,2H3. The number of likely N-dealkylation sites (N-methyl/N-ethyl adjacent to an activating group) is 1. The van der Waals surface area contributed by atoms with Gasteiger partial charge in [-0.25, -0.2) is 8.78 Å². The number of likely N-dealkylation sites (tertiary alicyclic amines) is 1. The third kappa shape index (κ3) is 6.12. The van der Waals surface area contributed by atoms with Crippen LogP contribution >= 0.6 is 23.2 Å². The number of carbonyl (C=O) groups excluding carboxylic acids is 1. The molecule has 2 heterocycles. The van der Waals surface area contributed by atoms with Crippen LogP contribution in [0.5, 0.6) is 0 Å². The highest BCUT2D eigenvalue weighted by Gasteiger charge is 2.43. The summed E-state index contributed by atoms with van der Waals surface area (Å²) in [4.78, 5) is 17.7. The fraction of sp³-hybridized carbons (Fsp3) is 0.323. The van der Waals surface area contributed by atoms with E-state index in [1.807, 2.05) is 6.07 Å². The van der Waals surface area contributed by atoms with E-state index in [1.54, 1.807) is 48.3 Å². The number of fused-ring (bicyclic) bond motifs is 2. The lowest BCUT2D eigenvalue weighted by atomic mass is 9.82. The number of halogens is 4. The number of hydrogen-bond donors (Lipinski definition) is 1. The lowest BCUT2D eigenvalue weighted by Gasteiger charge is -2.46. The number of anilines is 1. The van der Waals surface area contributed by atoms with Gasteiger partial charge in [-0.3, -0.25) is 4.79 Å². The molecule has 0 aliphatic carbocycles. The van der Waals surface area contributed by atoms with Crippen molar-refractivity contribution in [1.29, 1.82) is 0 Å². The van der Waals surface area contributed by atoms with Crippen molar-refractivity contribution in [3.63, 3.8) is 0 Å². The van der Waals surface area contributed by atoms with Crippen molar-refractivity contribution in [2.24, 2.45) is 0 Å². The van der Waals surface area contributed by atoms with Crippen LogP contribution in [0, 0.1) is 11.6 Å². The van der Waals surface area contributed by atoms with Gasteiger partial charge >= 0.3 is 0 Å². The molecular weight excluding hydrogens is 555 g/mol. The fourth-order valence-electron chi connectivity index (χ4n) is 5.66. The molecule has 40 heavy (non-hydrogen) atoms. The van der Waals surface area contributed by atoms with Gasteiger partial charge < -0.3 is 19.9 Å². The van der Waals surface area contributed by atoms with Crippen molar-refractivity contribution in [2.45, 2.75) is 37.3 Å². The Balaban J connectivity index is 1.29. The summed E-state index contributed by atoms with van der Waals surface area (Å²) in [6, 6.07) is 16.1.